The summed E-state index contributed by atoms with van der Waals surface area (Å²) in [5.74, 6) is 2.04. The van der Waals surface area contributed by atoms with E-state index in [-0.39, 0.29) is 0 Å². The third-order valence-corrected chi connectivity index (χ3v) is 8.73. The van der Waals surface area contributed by atoms with Crippen LogP contribution in [0.15, 0.2) is 36.0 Å². The molecular formula is C25H35N3O. The molecule has 3 heterocycles. The van der Waals surface area contributed by atoms with E-state index in [0.717, 1.165) is 30.5 Å². The van der Waals surface area contributed by atoms with Gasteiger partial charge in [0.05, 0.1) is 12.2 Å². The Morgan fingerprint density at radius 2 is 1.97 bits per heavy atom. The van der Waals surface area contributed by atoms with Crippen LogP contribution < -0.4 is 0 Å². The van der Waals surface area contributed by atoms with Crippen molar-refractivity contribution in [1.29, 1.82) is 0 Å². The SMILES string of the molecule is CC1(C)[C@H]2CC=C(CN3CCC4(CCC(=O)N(Cc5ccccn5)C4)CC3)[C@@H]1C2. The Hall–Kier alpha value is -1.68. The average Bonchev–Trinajstić information content (AvgIpc) is 2.73. The van der Waals surface area contributed by atoms with Gasteiger partial charge in [0.25, 0.3) is 0 Å². The molecule has 2 aliphatic heterocycles. The molecule has 29 heavy (non-hydrogen) atoms. The predicted octanol–water partition coefficient (Wildman–Crippen LogP) is 4.28. The lowest BCUT2D eigenvalue weighted by Crippen LogP contribution is -2.53. The van der Waals surface area contributed by atoms with Crippen LogP contribution >= 0.6 is 0 Å². The summed E-state index contributed by atoms with van der Waals surface area (Å²) in [7, 11) is 0. The Balaban J connectivity index is 1.18. The van der Waals surface area contributed by atoms with Gasteiger partial charge in [-0.25, -0.2) is 0 Å². The molecule has 1 saturated carbocycles. The van der Waals surface area contributed by atoms with Crippen molar-refractivity contribution in [1.82, 2.24) is 14.8 Å². The van der Waals surface area contributed by atoms with E-state index in [1.165, 1.54) is 45.3 Å². The van der Waals surface area contributed by atoms with E-state index in [1.807, 2.05) is 24.4 Å². The third-order valence-electron chi connectivity index (χ3n) is 8.73. The molecule has 4 heteroatoms. The summed E-state index contributed by atoms with van der Waals surface area (Å²) in [6.45, 7) is 10.1. The number of likely N-dealkylation sites (tertiary alicyclic amines) is 2. The highest BCUT2D eigenvalue weighted by Gasteiger charge is 2.51. The van der Waals surface area contributed by atoms with Gasteiger partial charge in [0.15, 0.2) is 0 Å². The summed E-state index contributed by atoms with van der Waals surface area (Å²) in [6, 6.07) is 5.98. The van der Waals surface area contributed by atoms with E-state index >= 15 is 0 Å². The van der Waals surface area contributed by atoms with Crippen LogP contribution in [0.25, 0.3) is 0 Å². The summed E-state index contributed by atoms with van der Waals surface area (Å²) in [5, 5.41) is 0. The van der Waals surface area contributed by atoms with Gasteiger partial charge in [-0.2, -0.15) is 0 Å². The molecule has 2 saturated heterocycles. The van der Waals surface area contributed by atoms with Crippen LogP contribution in [0.2, 0.25) is 0 Å². The molecule has 1 amide bonds. The largest absolute Gasteiger partial charge is 0.336 e. The van der Waals surface area contributed by atoms with Gasteiger partial charge in [0, 0.05) is 25.7 Å². The van der Waals surface area contributed by atoms with Gasteiger partial charge in [0.2, 0.25) is 5.91 Å². The smallest absolute Gasteiger partial charge is 0.222 e. The van der Waals surface area contributed by atoms with E-state index < -0.39 is 0 Å². The number of pyridine rings is 1. The molecule has 2 bridgehead atoms. The second-order valence-electron chi connectivity index (χ2n) is 10.7. The molecule has 2 atom stereocenters. The maximum Gasteiger partial charge on any atom is 0.222 e. The molecule has 3 aliphatic carbocycles. The first-order valence-electron chi connectivity index (χ1n) is 11.5. The van der Waals surface area contributed by atoms with Crippen molar-refractivity contribution >= 4 is 5.91 Å². The fraction of sp³-hybridized carbons (Fsp3) is 0.680. The Morgan fingerprint density at radius 1 is 1.14 bits per heavy atom. The normalized spacial score (nSPS) is 30.8. The molecule has 5 aliphatic rings. The van der Waals surface area contributed by atoms with Crippen LogP contribution in [0.4, 0.5) is 0 Å². The quantitative estimate of drug-likeness (QED) is 0.717. The first kappa shape index (κ1) is 19.3. The van der Waals surface area contributed by atoms with Crippen molar-refractivity contribution in [2.75, 3.05) is 26.2 Å². The van der Waals surface area contributed by atoms with Crippen molar-refractivity contribution < 1.29 is 4.79 Å². The zero-order valence-corrected chi connectivity index (χ0v) is 18.1. The molecule has 6 rings (SSSR count). The van der Waals surface area contributed by atoms with E-state index in [4.69, 9.17) is 0 Å². The Bertz CT molecular complexity index is 792. The topological polar surface area (TPSA) is 36.4 Å². The van der Waals surface area contributed by atoms with Gasteiger partial charge in [0.1, 0.15) is 0 Å². The predicted molar refractivity (Wildman–Crippen MR) is 115 cm³/mol. The first-order chi connectivity index (χ1) is 14.0. The van der Waals surface area contributed by atoms with Gasteiger partial charge in [-0.15, -0.1) is 0 Å². The molecule has 1 aromatic rings. The van der Waals surface area contributed by atoms with Crippen LogP contribution in [0.3, 0.4) is 0 Å². The number of carbonyl (C=O) groups is 1. The molecule has 1 aromatic heterocycles. The van der Waals surface area contributed by atoms with Crippen LogP contribution in [0.1, 0.15) is 58.1 Å². The van der Waals surface area contributed by atoms with E-state index in [2.05, 4.69) is 34.7 Å². The lowest BCUT2D eigenvalue weighted by molar-refractivity contribution is -0.140. The van der Waals surface area contributed by atoms with E-state index in [0.29, 0.717) is 29.7 Å². The van der Waals surface area contributed by atoms with Crippen LogP contribution in [-0.2, 0) is 11.3 Å². The number of piperidine rings is 2. The van der Waals surface area contributed by atoms with Crippen molar-refractivity contribution in [3.05, 3.63) is 41.7 Å². The van der Waals surface area contributed by atoms with Crippen molar-refractivity contribution in [2.24, 2.45) is 22.7 Å². The number of hydrogen-bond acceptors (Lipinski definition) is 3. The fourth-order valence-electron chi connectivity index (χ4n) is 6.44. The second kappa shape index (κ2) is 7.23. The summed E-state index contributed by atoms with van der Waals surface area (Å²) in [4.78, 5) is 21.7. The van der Waals surface area contributed by atoms with Gasteiger partial charge in [-0.3, -0.25) is 14.7 Å². The number of rotatable bonds is 4. The number of allylic oxidation sites excluding steroid dienone is 1. The lowest BCUT2D eigenvalue weighted by Gasteiger charge is -2.57. The summed E-state index contributed by atoms with van der Waals surface area (Å²) in [5.41, 5.74) is 3.56. The Labute approximate surface area is 175 Å². The molecule has 156 valence electrons. The Kier molecular flexibility index (Phi) is 4.81. The number of fused-ring (bicyclic) bond motifs is 1. The minimum Gasteiger partial charge on any atom is -0.336 e. The van der Waals surface area contributed by atoms with E-state index in [1.54, 1.807) is 5.57 Å². The maximum absolute atomic E-state index is 12.5. The Morgan fingerprint density at radius 3 is 2.66 bits per heavy atom. The number of carbonyl (C=O) groups excluding carboxylic acids is 1. The first-order valence-corrected chi connectivity index (χ1v) is 11.5. The molecular weight excluding hydrogens is 358 g/mol. The third kappa shape index (κ3) is 3.54. The fourth-order valence-corrected chi connectivity index (χ4v) is 6.44. The van der Waals surface area contributed by atoms with Crippen LogP contribution in [-0.4, -0.2) is 46.9 Å². The zero-order valence-electron chi connectivity index (χ0n) is 18.1. The zero-order chi connectivity index (χ0) is 20.1. The lowest BCUT2D eigenvalue weighted by atomic mass is 9.49. The molecule has 0 aromatic carbocycles. The number of hydrogen-bond donors (Lipinski definition) is 0. The van der Waals surface area contributed by atoms with Crippen LogP contribution in [0.5, 0.6) is 0 Å². The molecule has 0 radical (unpaired) electrons. The second-order valence-corrected chi connectivity index (χ2v) is 10.7. The molecule has 4 nitrogen and oxygen atoms in total. The summed E-state index contributed by atoms with van der Waals surface area (Å²) in [6.07, 6.45) is 11.3. The standard InChI is InChI=1S/C25H35N3O/c1-24(2)20-7-6-19(22(24)15-20)16-27-13-10-25(11-14-27)9-8-23(29)28(18-25)17-21-5-3-4-12-26-21/h3-6,12,20,22H,7-11,13-18H2,1-2H3/t20-,22-/m0/s1. The van der Waals surface area contributed by atoms with Gasteiger partial charge in [-0.1, -0.05) is 31.6 Å². The number of nitrogens with zero attached hydrogens (tertiary/aromatic N) is 3. The number of amides is 1. The van der Waals surface area contributed by atoms with Gasteiger partial charge >= 0.3 is 0 Å². The minimum atomic E-state index is 0.304. The maximum atomic E-state index is 12.5. The monoisotopic (exact) mass is 393 g/mol. The minimum absolute atomic E-state index is 0.304. The average molecular weight is 394 g/mol. The highest BCUT2D eigenvalue weighted by molar-refractivity contribution is 5.77. The van der Waals surface area contributed by atoms with E-state index in [9.17, 15) is 4.79 Å². The molecule has 3 fully saturated rings. The number of aromatic nitrogens is 1. The van der Waals surface area contributed by atoms with Crippen LogP contribution in [0, 0.1) is 22.7 Å². The molecule has 0 unspecified atom stereocenters. The summed E-state index contributed by atoms with van der Waals surface area (Å²) >= 11 is 0. The van der Waals surface area contributed by atoms with Gasteiger partial charge < -0.3 is 4.90 Å². The summed E-state index contributed by atoms with van der Waals surface area (Å²) < 4.78 is 0. The molecule has 0 N–H and O–H groups in total. The molecule has 1 spiro atoms. The highest BCUT2D eigenvalue weighted by Crippen LogP contribution is 2.59. The van der Waals surface area contributed by atoms with Crippen molar-refractivity contribution in [3.8, 4) is 0 Å². The highest BCUT2D eigenvalue weighted by atomic mass is 16.2. The van der Waals surface area contributed by atoms with Crippen molar-refractivity contribution in [3.63, 3.8) is 0 Å². The van der Waals surface area contributed by atoms with Crippen molar-refractivity contribution in [2.45, 2.75) is 58.9 Å². The van der Waals surface area contributed by atoms with Gasteiger partial charge in [-0.05, 0) is 80.0 Å².